The van der Waals surface area contributed by atoms with E-state index in [0.29, 0.717) is 0 Å². The lowest BCUT2D eigenvalue weighted by Gasteiger charge is -2.14. The van der Waals surface area contributed by atoms with Gasteiger partial charge in [0.25, 0.3) is 0 Å². The fraction of sp³-hybridized carbons (Fsp3) is 0.400. The Hall–Kier alpha value is -2.00. The van der Waals surface area contributed by atoms with Gasteiger partial charge in [-0.05, 0) is 56.5 Å². The summed E-state index contributed by atoms with van der Waals surface area (Å²) in [4.78, 5) is 0. The van der Waals surface area contributed by atoms with Gasteiger partial charge in [-0.2, -0.15) is 0 Å². The molecule has 0 aliphatic heterocycles. The molecule has 3 nitrogen and oxygen atoms in total. The maximum atomic E-state index is 5.74. The predicted molar refractivity (Wildman–Crippen MR) is 95.2 cm³/mol. The van der Waals surface area contributed by atoms with Crippen LogP contribution in [0.1, 0.15) is 31.4 Å². The second-order valence-corrected chi connectivity index (χ2v) is 5.92. The van der Waals surface area contributed by atoms with Crippen molar-refractivity contribution in [2.45, 2.75) is 39.3 Å². The molecule has 0 amide bonds. The summed E-state index contributed by atoms with van der Waals surface area (Å²) in [7, 11) is 1.68. The summed E-state index contributed by atoms with van der Waals surface area (Å²) in [6.07, 6.45) is 2.39. The van der Waals surface area contributed by atoms with Crippen molar-refractivity contribution < 1.29 is 9.47 Å². The van der Waals surface area contributed by atoms with E-state index in [2.05, 4.69) is 41.7 Å². The van der Waals surface area contributed by atoms with Crippen LogP contribution in [0.5, 0.6) is 11.5 Å². The van der Waals surface area contributed by atoms with Crippen LogP contribution in [-0.4, -0.2) is 19.8 Å². The molecule has 2 aromatic carbocycles. The average Bonchev–Trinajstić information content (AvgIpc) is 2.56. The predicted octanol–water partition coefficient (Wildman–Crippen LogP) is 4.20. The minimum absolute atomic E-state index is 0.144. The Kier molecular flexibility index (Phi) is 6.95. The molecule has 1 N–H and O–H groups in total. The van der Waals surface area contributed by atoms with Gasteiger partial charge in [0.05, 0.1) is 13.2 Å². The van der Waals surface area contributed by atoms with Crippen LogP contribution >= 0.6 is 0 Å². The van der Waals surface area contributed by atoms with E-state index >= 15 is 0 Å². The molecule has 0 aliphatic carbocycles. The third kappa shape index (κ3) is 5.95. The van der Waals surface area contributed by atoms with Gasteiger partial charge >= 0.3 is 0 Å². The summed E-state index contributed by atoms with van der Waals surface area (Å²) in [5.41, 5.74) is 2.60. The molecule has 0 spiro atoms. The highest BCUT2D eigenvalue weighted by molar-refractivity contribution is 5.43. The third-order valence-corrected chi connectivity index (χ3v) is 3.58. The van der Waals surface area contributed by atoms with Gasteiger partial charge in [-0.15, -0.1) is 0 Å². The average molecular weight is 313 g/mol. The van der Waals surface area contributed by atoms with Crippen LogP contribution in [0.4, 0.5) is 0 Å². The van der Waals surface area contributed by atoms with Crippen molar-refractivity contribution in [2.75, 3.05) is 13.7 Å². The number of aryl methyl sites for hydroxylation is 1. The van der Waals surface area contributed by atoms with E-state index in [9.17, 15) is 0 Å². The maximum absolute atomic E-state index is 5.74. The first kappa shape index (κ1) is 17.4. The first-order valence-electron chi connectivity index (χ1n) is 8.27. The number of ether oxygens (including phenoxy) is 2. The molecule has 0 saturated carbocycles. The number of benzene rings is 2. The second kappa shape index (κ2) is 9.21. The largest absolute Gasteiger partial charge is 0.493 e. The van der Waals surface area contributed by atoms with Gasteiger partial charge < -0.3 is 14.8 Å². The van der Waals surface area contributed by atoms with E-state index in [4.69, 9.17) is 9.47 Å². The van der Waals surface area contributed by atoms with Crippen LogP contribution in [0.25, 0.3) is 0 Å². The molecule has 0 aliphatic rings. The highest BCUT2D eigenvalue weighted by Gasteiger charge is 2.07. The van der Waals surface area contributed by atoms with Gasteiger partial charge in [0.2, 0.25) is 0 Å². The minimum atomic E-state index is 0.144. The van der Waals surface area contributed by atoms with Crippen LogP contribution in [-0.2, 0) is 13.0 Å². The van der Waals surface area contributed by atoms with Gasteiger partial charge in [-0.3, -0.25) is 0 Å². The molecule has 2 aromatic rings. The van der Waals surface area contributed by atoms with E-state index in [-0.39, 0.29) is 6.10 Å². The van der Waals surface area contributed by atoms with Gasteiger partial charge in [0.1, 0.15) is 0 Å². The molecule has 0 atom stereocenters. The molecule has 0 bridgehead atoms. The minimum Gasteiger partial charge on any atom is -0.493 e. The monoisotopic (exact) mass is 313 g/mol. The van der Waals surface area contributed by atoms with Crippen molar-refractivity contribution in [3.05, 3.63) is 59.7 Å². The zero-order chi connectivity index (χ0) is 16.5. The standard InChI is InChI=1S/C20H27NO2/c1-16(2)23-19-12-11-18(14-20(19)22-3)15-21-13-7-10-17-8-5-4-6-9-17/h4-6,8-9,11-12,14,16,21H,7,10,13,15H2,1-3H3. The van der Waals surface area contributed by atoms with Gasteiger partial charge in [0, 0.05) is 6.54 Å². The Labute approximate surface area is 139 Å². The molecule has 0 heterocycles. The first-order chi connectivity index (χ1) is 11.2. The van der Waals surface area contributed by atoms with Crippen molar-refractivity contribution >= 4 is 0 Å². The fourth-order valence-corrected chi connectivity index (χ4v) is 2.47. The summed E-state index contributed by atoms with van der Waals surface area (Å²) in [5.74, 6) is 1.60. The Bertz CT molecular complexity index is 581. The molecule has 2 rings (SSSR count). The van der Waals surface area contributed by atoms with Crippen LogP contribution in [0.2, 0.25) is 0 Å². The quantitative estimate of drug-likeness (QED) is 0.704. The molecule has 0 unspecified atom stereocenters. The SMILES string of the molecule is COc1cc(CNCCCc2ccccc2)ccc1OC(C)C. The molecule has 23 heavy (non-hydrogen) atoms. The summed E-state index contributed by atoms with van der Waals surface area (Å²) in [6, 6.07) is 16.7. The van der Waals surface area contributed by atoms with Crippen LogP contribution < -0.4 is 14.8 Å². The zero-order valence-electron chi connectivity index (χ0n) is 14.3. The Morgan fingerprint density at radius 3 is 2.43 bits per heavy atom. The van der Waals surface area contributed by atoms with Crippen molar-refractivity contribution in [3.8, 4) is 11.5 Å². The lowest BCUT2D eigenvalue weighted by molar-refractivity contribution is 0.230. The number of nitrogens with one attached hydrogen (secondary N) is 1. The van der Waals surface area contributed by atoms with Crippen molar-refractivity contribution in [1.82, 2.24) is 5.32 Å². The van der Waals surface area contributed by atoms with Gasteiger partial charge in [-0.1, -0.05) is 36.4 Å². The molecule has 0 aromatic heterocycles. The lowest BCUT2D eigenvalue weighted by Crippen LogP contribution is -2.15. The van der Waals surface area contributed by atoms with E-state index in [1.54, 1.807) is 7.11 Å². The Balaban J connectivity index is 1.77. The van der Waals surface area contributed by atoms with Crippen molar-refractivity contribution in [2.24, 2.45) is 0 Å². The van der Waals surface area contributed by atoms with Gasteiger partial charge in [0.15, 0.2) is 11.5 Å². The Morgan fingerprint density at radius 2 is 1.74 bits per heavy atom. The maximum Gasteiger partial charge on any atom is 0.161 e. The smallest absolute Gasteiger partial charge is 0.161 e. The molecule has 0 fully saturated rings. The molecular weight excluding hydrogens is 286 g/mol. The molecular formula is C20H27NO2. The van der Waals surface area contributed by atoms with Crippen LogP contribution in [0.15, 0.2) is 48.5 Å². The normalized spacial score (nSPS) is 10.8. The Morgan fingerprint density at radius 1 is 0.957 bits per heavy atom. The molecule has 124 valence electrons. The zero-order valence-corrected chi connectivity index (χ0v) is 14.3. The molecule has 0 saturated heterocycles. The highest BCUT2D eigenvalue weighted by Crippen LogP contribution is 2.28. The number of rotatable bonds is 9. The van der Waals surface area contributed by atoms with E-state index in [1.165, 1.54) is 11.1 Å². The highest BCUT2D eigenvalue weighted by atomic mass is 16.5. The summed E-state index contributed by atoms with van der Waals surface area (Å²) >= 11 is 0. The van der Waals surface area contributed by atoms with Crippen molar-refractivity contribution in [3.63, 3.8) is 0 Å². The van der Waals surface area contributed by atoms with Crippen LogP contribution in [0, 0.1) is 0 Å². The lowest BCUT2D eigenvalue weighted by atomic mass is 10.1. The summed E-state index contributed by atoms with van der Waals surface area (Å²) in [5, 5.41) is 3.49. The fourth-order valence-electron chi connectivity index (χ4n) is 2.47. The first-order valence-corrected chi connectivity index (χ1v) is 8.27. The third-order valence-electron chi connectivity index (χ3n) is 3.58. The van der Waals surface area contributed by atoms with E-state index < -0.39 is 0 Å². The van der Waals surface area contributed by atoms with Crippen LogP contribution in [0.3, 0.4) is 0 Å². The number of hydrogen-bond donors (Lipinski definition) is 1. The second-order valence-electron chi connectivity index (χ2n) is 5.92. The number of hydrogen-bond acceptors (Lipinski definition) is 3. The van der Waals surface area contributed by atoms with E-state index in [1.807, 2.05) is 26.0 Å². The molecule has 3 heteroatoms. The summed E-state index contributed by atoms with van der Waals surface area (Å²) in [6.45, 7) is 5.87. The molecule has 0 radical (unpaired) electrons. The topological polar surface area (TPSA) is 30.5 Å². The van der Waals surface area contributed by atoms with E-state index in [0.717, 1.165) is 37.4 Å². The van der Waals surface area contributed by atoms with Crippen molar-refractivity contribution in [1.29, 1.82) is 0 Å². The number of methoxy groups -OCH3 is 1. The summed E-state index contributed by atoms with van der Waals surface area (Å²) < 4.78 is 11.2. The van der Waals surface area contributed by atoms with Gasteiger partial charge in [-0.25, -0.2) is 0 Å².